The lowest BCUT2D eigenvalue weighted by Crippen LogP contribution is -1.94. The molecule has 68 valence electrons. The molecule has 1 aromatic rings. The number of halogens is 1. The second kappa shape index (κ2) is 3.15. The first-order valence-corrected chi connectivity index (χ1v) is 4.83. The molecule has 0 saturated heterocycles. The molecule has 0 aromatic heterocycles. The maximum absolute atomic E-state index is 11.1. The van der Waals surface area contributed by atoms with Crippen molar-refractivity contribution in [1.29, 1.82) is 0 Å². The van der Waals surface area contributed by atoms with Crippen LogP contribution in [0.1, 0.15) is 24.8 Å². The van der Waals surface area contributed by atoms with Crippen LogP contribution < -0.4 is 0 Å². The first-order chi connectivity index (χ1) is 6.20. The van der Waals surface area contributed by atoms with Crippen molar-refractivity contribution in [2.24, 2.45) is 5.92 Å². The SMILES string of the molecule is CC(=O)[C@H]1C[C@H]1c1ccccc1Cl. The van der Waals surface area contributed by atoms with Crippen LogP contribution in [0, 0.1) is 5.92 Å². The average molecular weight is 195 g/mol. The molecule has 1 nitrogen and oxygen atoms in total. The maximum Gasteiger partial charge on any atom is 0.133 e. The van der Waals surface area contributed by atoms with Crippen LogP contribution in [-0.2, 0) is 4.79 Å². The van der Waals surface area contributed by atoms with Gasteiger partial charge in [0.05, 0.1) is 0 Å². The van der Waals surface area contributed by atoms with Crippen molar-refractivity contribution in [1.82, 2.24) is 0 Å². The Labute approximate surface area is 82.7 Å². The molecular weight excluding hydrogens is 184 g/mol. The van der Waals surface area contributed by atoms with Crippen molar-refractivity contribution in [3.05, 3.63) is 34.9 Å². The molecular formula is C11H11ClO. The van der Waals surface area contributed by atoms with Gasteiger partial charge in [-0.25, -0.2) is 0 Å². The summed E-state index contributed by atoms with van der Waals surface area (Å²) in [7, 11) is 0. The van der Waals surface area contributed by atoms with E-state index in [9.17, 15) is 4.79 Å². The van der Waals surface area contributed by atoms with Crippen LogP contribution in [0.2, 0.25) is 5.02 Å². The highest BCUT2D eigenvalue weighted by atomic mass is 35.5. The topological polar surface area (TPSA) is 17.1 Å². The Morgan fingerprint density at radius 3 is 2.69 bits per heavy atom. The quantitative estimate of drug-likeness (QED) is 0.708. The Morgan fingerprint density at radius 2 is 2.15 bits per heavy atom. The predicted octanol–water partition coefficient (Wildman–Crippen LogP) is 3.03. The summed E-state index contributed by atoms with van der Waals surface area (Å²) in [5.41, 5.74) is 1.13. The summed E-state index contributed by atoms with van der Waals surface area (Å²) >= 11 is 6.02. The average Bonchev–Trinajstić information content (AvgIpc) is 2.84. The van der Waals surface area contributed by atoms with Gasteiger partial charge in [0.15, 0.2) is 0 Å². The van der Waals surface area contributed by atoms with Crippen LogP contribution in [0.15, 0.2) is 24.3 Å². The van der Waals surface area contributed by atoms with Crippen LogP contribution >= 0.6 is 11.6 Å². The molecule has 0 unspecified atom stereocenters. The minimum Gasteiger partial charge on any atom is -0.300 e. The van der Waals surface area contributed by atoms with E-state index < -0.39 is 0 Å². The van der Waals surface area contributed by atoms with E-state index in [0.717, 1.165) is 17.0 Å². The van der Waals surface area contributed by atoms with Gasteiger partial charge in [-0.3, -0.25) is 4.79 Å². The molecule has 0 amide bonds. The van der Waals surface area contributed by atoms with E-state index >= 15 is 0 Å². The first-order valence-electron chi connectivity index (χ1n) is 4.45. The van der Waals surface area contributed by atoms with E-state index in [1.807, 2.05) is 24.3 Å². The fourth-order valence-electron chi connectivity index (χ4n) is 1.76. The smallest absolute Gasteiger partial charge is 0.133 e. The van der Waals surface area contributed by atoms with Crippen LogP contribution in [0.5, 0.6) is 0 Å². The van der Waals surface area contributed by atoms with Crippen LogP contribution in [-0.4, -0.2) is 5.78 Å². The molecule has 0 heterocycles. The van der Waals surface area contributed by atoms with Crippen molar-refractivity contribution in [2.45, 2.75) is 19.3 Å². The molecule has 0 aliphatic heterocycles. The Hall–Kier alpha value is -0.820. The molecule has 1 fully saturated rings. The summed E-state index contributed by atoms with van der Waals surface area (Å²) in [6.45, 7) is 1.65. The number of carbonyl (C=O) groups excluding carboxylic acids is 1. The maximum atomic E-state index is 11.1. The summed E-state index contributed by atoms with van der Waals surface area (Å²) in [5.74, 6) is 0.885. The van der Waals surface area contributed by atoms with Crippen LogP contribution in [0.3, 0.4) is 0 Å². The third-order valence-corrected chi connectivity index (χ3v) is 2.96. The predicted molar refractivity (Wildman–Crippen MR) is 53.0 cm³/mol. The third-order valence-electron chi connectivity index (χ3n) is 2.62. The molecule has 0 bridgehead atoms. The van der Waals surface area contributed by atoms with E-state index in [1.165, 1.54) is 0 Å². The zero-order chi connectivity index (χ0) is 9.42. The van der Waals surface area contributed by atoms with Gasteiger partial charge in [-0.05, 0) is 30.9 Å². The van der Waals surface area contributed by atoms with Gasteiger partial charge in [0.2, 0.25) is 0 Å². The summed E-state index contributed by atoms with van der Waals surface area (Å²) in [5, 5.41) is 0.788. The number of hydrogen-bond acceptors (Lipinski definition) is 1. The lowest BCUT2D eigenvalue weighted by Gasteiger charge is -2.00. The number of carbonyl (C=O) groups is 1. The van der Waals surface area contributed by atoms with Gasteiger partial charge >= 0.3 is 0 Å². The molecule has 0 radical (unpaired) electrons. The molecule has 2 rings (SSSR count). The normalized spacial score (nSPS) is 25.7. The Balaban J connectivity index is 2.21. The minimum atomic E-state index is 0.222. The summed E-state index contributed by atoms with van der Waals surface area (Å²) < 4.78 is 0. The zero-order valence-electron chi connectivity index (χ0n) is 7.46. The molecule has 1 aliphatic carbocycles. The van der Waals surface area contributed by atoms with E-state index in [2.05, 4.69) is 0 Å². The molecule has 13 heavy (non-hydrogen) atoms. The monoisotopic (exact) mass is 194 g/mol. The zero-order valence-corrected chi connectivity index (χ0v) is 8.21. The third kappa shape index (κ3) is 1.61. The number of Topliss-reactive ketones (excluding diaryl/α,β-unsaturated/α-hetero) is 1. The minimum absolute atomic E-state index is 0.222. The van der Waals surface area contributed by atoms with Gasteiger partial charge in [0.25, 0.3) is 0 Å². The molecule has 2 atom stereocenters. The van der Waals surface area contributed by atoms with Crippen LogP contribution in [0.4, 0.5) is 0 Å². The fourth-order valence-corrected chi connectivity index (χ4v) is 2.04. The largest absolute Gasteiger partial charge is 0.300 e. The van der Waals surface area contributed by atoms with E-state index in [4.69, 9.17) is 11.6 Å². The molecule has 1 aliphatic rings. The Bertz CT molecular complexity index is 346. The van der Waals surface area contributed by atoms with E-state index in [-0.39, 0.29) is 11.7 Å². The van der Waals surface area contributed by atoms with E-state index in [0.29, 0.717) is 5.92 Å². The van der Waals surface area contributed by atoms with Gasteiger partial charge in [-0.1, -0.05) is 29.8 Å². The number of hydrogen-bond donors (Lipinski definition) is 0. The number of ketones is 1. The van der Waals surface area contributed by atoms with Gasteiger partial charge in [0, 0.05) is 10.9 Å². The second-order valence-corrected chi connectivity index (χ2v) is 3.99. The highest BCUT2D eigenvalue weighted by Crippen LogP contribution is 2.49. The lowest BCUT2D eigenvalue weighted by molar-refractivity contribution is -0.118. The Morgan fingerprint density at radius 1 is 1.46 bits per heavy atom. The molecule has 0 spiro atoms. The van der Waals surface area contributed by atoms with Crippen LogP contribution in [0.25, 0.3) is 0 Å². The highest BCUT2D eigenvalue weighted by molar-refractivity contribution is 6.31. The summed E-state index contributed by atoms with van der Waals surface area (Å²) in [6, 6.07) is 7.77. The van der Waals surface area contributed by atoms with Crippen molar-refractivity contribution in [2.75, 3.05) is 0 Å². The Kier molecular flexibility index (Phi) is 2.12. The highest BCUT2D eigenvalue weighted by Gasteiger charge is 2.42. The first kappa shape index (κ1) is 8.76. The van der Waals surface area contributed by atoms with Crippen molar-refractivity contribution in [3.8, 4) is 0 Å². The lowest BCUT2D eigenvalue weighted by atomic mass is 10.1. The van der Waals surface area contributed by atoms with Crippen molar-refractivity contribution < 1.29 is 4.79 Å². The fraction of sp³-hybridized carbons (Fsp3) is 0.364. The summed E-state index contributed by atoms with van der Waals surface area (Å²) in [4.78, 5) is 11.1. The van der Waals surface area contributed by atoms with Gasteiger partial charge in [0.1, 0.15) is 5.78 Å². The molecule has 0 N–H and O–H groups in total. The van der Waals surface area contributed by atoms with Gasteiger partial charge in [-0.2, -0.15) is 0 Å². The standard InChI is InChI=1S/C11H11ClO/c1-7(13)9-6-10(9)8-4-2-3-5-11(8)12/h2-5,9-10H,6H2,1H3/t9-,10+/m1/s1. The number of benzene rings is 1. The van der Waals surface area contributed by atoms with Crippen molar-refractivity contribution in [3.63, 3.8) is 0 Å². The number of rotatable bonds is 2. The van der Waals surface area contributed by atoms with Gasteiger partial charge in [-0.15, -0.1) is 0 Å². The molecule has 1 aromatic carbocycles. The molecule has 2 heteroatoms. The van der Waals surface area contributed by atoms with E-state index in [1.54, 1.807) is 6.92 Å². The van der Waals surface area contributed by atoms with Crippen molar-refractivity contribution >= 4 is 17.4 Å². The molecule has 1 saturated carbocycles. The second-order valence-electron chi connectivity index (χ2n) is 3.58. The van der Waals surface area contributed by atoms with Gasteiger partial charge < -0.3 is 0 Å². The summed E-state index contributed by atoms with van der Waals surface area (Å²) in [6.07, 6.45) is 0.971.